The molecule has 0 unspecified atom stereocenters. The Labute approximate surface area is 131 Å². The molecule has 22 heavy (non-hydrogen) atoms. The van der Waals surface area contributed by atoms with Crippen molar-refractivity contribution in [1.29, 1.82) is 0 Å². The Morgan fingerprint density at radius 2 is 1.82 bits per heavy atom. The first-order chi connectivity index (χ1) is 10.7. The fourth-order valence-electron chi connectivity index (χ4n) is 2.26. The highest BCUT2D eigenvalue weighted by atomic mass is 16.7. The first kappa shape index (κ1) is 16.4. The summed E-state index contributed by atoms with van der Waals surface area (Å²) in [5.74, 6) is 0.0786. The minimum atomic E-state index is -0.305. The van der Waals surface area contributed by atoms with E-state index in [4.69, 9.17) is 9.47 Å². The lowest BCUT2D eigenvalue weighted by Crippen LogP contribution is -2.47. The van der Waals surface area contributed by atoms with Crippen LogP contribution in [0.2, 0.25) is 0 Å². The topological polar surface area (TPSA) is 44.3 Å². The van der Waals surface area contributed by atoms with Gasteiger partial charge in [0.2, 0.25) is 12.3 Å². The minimum Gasteiger partial charge on any atom is -0.351 e. The summed E-state index contributed by atoms with van der Waals surface area (Å²) in [6.07, 6.45) is 3.50. The van der Waals surface area contributed by atoms with Crippen molar-refractivity contribution in [2.45, 2.75) is 33.2 Å². The average Bonchev–Trinajstić information content (AvgIpc) is 2.95. The molecule has 0 bridgehead atoms. The summed E-state index contributed by atoms with van der Waals surface area (Å²) < 4.78 is 14.9. The Bertz CT molecular complexity index is 575. The zero-order valence-electron chi connectivity index (χ0n) is 13.1. The molecular formula is C17H23N2O3+. The van der Waals surface area contributed by atoms with Crippen LogP contribution in [0.3, 0.4) is 0 Å². The molecule has 0 spiro atoms. The lowest BCUT2D eigenvalue weighted by molar-refractivity contribution is -0.764. The molecule has 0 saturated heterocycles. The zero-order valence-corrected chi connectivity index (χ0v) is 13.1. The molecule has 0 fully saturated rings. The highest BCUT2D eigenvalue weighted by Gasteiger charge is 2.19. The van der Waals surface area contributed by atoms with Gasteiger partial charge in [-0.1, -0.05) is 30.3 Å². The Morgan fingerprint density at radius 3 is 2.45 bits per heavy atom. The van der Waals surface area contributed by atoms with Crippen molar-refractivity contribution >= 4 is 5.78 Å². The number of ketones is 1. The van der Waals surface area contributed by atoms with Crippen LogP contribution in [0.5, 0.6) is 0 Å². The highest BCUT2D eigenvalue weighted by Crippen LogP contribution is 2.02. The van der Waals surface area contributed by atoms with E-state index in [1.165, 1.54) is 0 Å². The third-order valence-electron chi connectivity index (χ3n) is 3.29. The minimum absolute atomic E-state index is 0.0786. The van der Waals surface area contributed by atoms with Crippen LogP contribution in [0, 0.1) is 0 Å². The standard InChI is InChI=1S/C17H23N2O3/c1-3-21-17(22-4-2)14-19-12-8-11-18(19)13-16(20)15-9-6-5-7-10-15/h5-12,17H,3-4,13-14H2,1-2H3/q+1. The molecule has 0 aliphatic rings. The van der Waals surface area contributed by atoms with Gasteiger partial charge in [-0.05, 0) is 13.8 Å². The predicted molar refractivity (Wildman–Crippen MR) is 82.4 cm³/mol. The first-order valence-electron chi connectivity index (χ1n) is 7.61. The molecular weight excluding hydrogens is 280 g/mol. The summed E-state index contributed by atoms with van der Waals surface area (Å²) in [6.45, 7) is 5.91. The number of hydrogen-bond donors (Lipinski definition) is 0. The van der Waals surface area contributed by atoms with Crippen molar-refractivity contribution < 1.29 is 19.0 Å². The van der Waals surface area contributed by atoms with Gasteiger partial charge in [0, 0.05) is 24.8 Å². The molecule has 1 aromatic carbocycles. The van der Waals surface area contributed by atoms with Crippen molar-refractivity contribution in [2.75, 3.05) is 13.2 Å². The molecule has 0 atom stereocenters. The van der Waals surface area contributed by atoms with Crippen molar-refractivity contribution in [3.05, 3.63) is 54.4 Å². The first-order valence-corrected chi connectivity index (χ1v) is 7.61. The number of carbonyl (C=O) groups is 1. The summed E-state index contributed by atoms with van der Waals surface area (Å²) >= 11 is 0. The molecule has 2 rings (SSSR count). The number of hydrogen-bond acceptors (Lipinski definition) is 3. The number of aromatic nitrogens is 2. The van der Waals surface area contributed by atoms with Crippen molar-refractivity contribution in [3.63, 3.8) is 0 Å². The summed E-state index contributed by atoms with van der Waals surface area (Å²) in [7, 11) is 0. The predicted octanol–water partition coefficient (Wildman–Crippen LogP) is 2.06. The van der Waals surface area contributed by atoms with Crippen LogP contribution in [-0.2, 0) is 22.6 Å². The van der Waals surface area contributed by atoms with Crippen LogP contribution in [0.25, 0.3) is 0 Å². The third-order valence-corrected chi connectivity index (χ3v) is 3.29. The SMILES string of the molecule is CCOC(Cn1ccc[n+]1CC(=O)c1ccccc1)OCC. The average molecular weight is 303 g/mol. The fraction of sp³-hybridized carbons (Fsp3) is 0.412. The Morgan fingerprint density at radius 1 is 1.14 bits per heavy atom. The number of ether oxygens (including phenoxy) is 2. The maximum atomic E-state index is 12.3. The van der Waals surface area contributed by atoms with Gasteiger partial charge in [-0.2, -0.15) is 4.68 Å². The fourth-order valence-corrected chi connectivity index (χ4v) is 2.26. The smallest absolute Gasteiger partial charge is 0.234 e. The van der Waals surface area contributed by atoms with E-state index >= 15 is 0 Å². The second kappa shape index (κ2) is 8.46. The molecule has 0 aliphatic carbocycles. The van der Waals surface area contributed by atoms with E-state index in [0.29, 0.717) is 31.9 Å². The van der Waals surface area contributed by atoms with Gasteiger partial charge in [-0.25, -0.2) is 0 Å². The van der Waals surface area contributed by atoms with Gasteiger partial charge in [0.1, 0.15) is 6.54 Å². The van der Waals surface area contributed by atoms with Gasteiger partial charge in [-0.3, -0.25) is 4.79 Å². The van der Waals surface area contributed by atoms with Crippen LogP contribution in [0.1, 0.15) is 24.2 Å². The molecule has 5 nitrogen and oxygen atoms in total. The van der Waals surface area contributed by atoms with E-state index < -0.39 is 0 Å². The zero-order chi connectivity index (χ0) is 15.8. The quantitative estimate of drug-likeness (QED) is 0.405. The van der Waals surface area contributed by atoms with E-state index in [1.807, 2.05) is 72.0 Å². The number of rotatable bonds is 9. The molecule has 0 aliphatic heterocycles. The molecule has 2 aromatic rings. The lowest BCUT2D eigenvalue weighted by Gasteiger charge is -2.16. The number of Topliss-reactive ketones (excluding diaryl/α,β-unsaturated/α-hetero) is 1. The Balaban J connectivity index is 2.04. The van der Waals surface area contributed by atoms with Crippen LogP contribution >= 0.6 is 0 Å². The number of benzene rings is 1. The van der Waals surface area contributed by atoms with Crippen LogP contribution in [0.4, 0.5) is 0 Å². The van der Waals surface area contributed by atoms with Gasteiger partial charge in [0.05, 0.1) is 6.20 Å². The van der Waals surface area contributed by atoms with Gasteiger partial charge >= 0.3 is 0 Å². The Kier molecular flexibility index (Phi) is 6.30. The van der Waals surface area contributed by atoms with Crippen molar-refractivity contribution in [3.8, 4) is 0 Å². The molecule has 1 aromatic heterocycles. The van der Waals surface area contributed by atoms with Gasteiger partial charge in [0.25, 0.3) is 0 Å². The lowest BCUT2D eigenvalue weighted by atomic mass is 10.1. The highest BCUT2D eigenvalue weighted by molar-refractivity contribution is 5.94. The summed E-state index contributed by atoms with van der Waals surface area (Å²) in [4.78, 5) is 12.3. The van der Waals surface area contributed by atoms with E-state index in [1.54, 1.807) is 0 Å². The maximum absolute atomic E-state index is 12.3. The van der Waals surface area contributed by atoms with Crippen molar-refractivity contribution in [2.24, 2.45) is 0 Å². The van der Waals surface area contributed by atoms with Gasteiger partial charge in [0.15, 0.2) is 12.5 Å². The Hall–Kier alpha value is -1.98. The number of carbonyl (C=O) groups excluding carboxylic acids is 1. The molecule has 5 heteroatoms. The molecule has 0 radical (unpaired) electrons. The summed E-state index contributed by atoms with van der Waals surface area (Å²) in [5, 5.41) is 0. The molecule has 0 saturated carbocycles. The van der Waals surface area contributed by atoms with Crippen LogP contribution in [-0.4, -0.2) is 30.0 Å². The summed E-state index contributed by atoms with van der Waals surface area (Å²) in [5.41, 5.74) is 0.717. The van der Waals surface area contributed by atoms with Crippen molar-refractivity contribution in [1.82, 2.24) is 4.68 Å². The normalized spacial score (nSPS) is 11.0. The molecule has 0 N–H and O–H groups in total. The second-order valence-electron chi connectivity index (χ2n) is 4.84. The van der Waals surface area contributed by atoms with Crippen LogP contribution < -0.4 is 4.68 Å². The number of nitrogens with zero attached hydrogens (tertiary/aromatic N) is 2. The second-order valence-corrected chi connectivity index (χ2v) is 4.84. The van der Waals surface area contributed by atoms with E-state index in [0.717, 1.165) is 0 Å². The molecule has 118 valence electrons. The molecule has 0 amide bonds. The van der Waals surface area contributed by atoms with Gasteiger partial charge < -0.3 is 9.47 Å². The van der Waals surface area contributed by atoms with E-state index in [9.17, 15) is 4.79 Å². The molecule has 1 heterocycles. The maximum Gasteiger partial charge on any atom is 0.234 e. The van der Waals surface area contributed by atoms with E-state index in [2.05, 4.69) is 0 Å². The van der Waals surface area contributed by atoms with Gasteiger partial charge in [-0.15, -0.1) is 4.68 Å². The monoisotopic (exact) mass is 303 g/mol. The van der Waals surface area contributed by atoms with E-state index in [-0.39, 0.29) is 12.1 Å². The largest absolute Gasteiger partial charge is 0.351 e. The van der Waals surface area contributed by atoms with Crippen LogP contribution in [0.15, 0.2) is 48.8 Å². The third kappa shape index (κ3) is 4.51. The summed E-state index contributed by atoms with van der Waals surface area (Å²) in [6, 6.07) is 11.2.